The van der Waals surface area contributed by atoms with Crippen LogP contribution < -0.4 is 9.47 Å². The highest BCUT2D eigenvalue weighted by atomic mass is 16.5. The first-order valence-electron chi connectivity index (χ1n) is 12.2. The van der Waals surface area contributed by atoms with E-state index in [4.69, 9.17) is 9.47 Å². The fourth-order valence-corrected chi connectivity index (χ4v) is 4.40. The summed E-state index contributed by atoms with van der Waals surface area (Å²) in [4.78, 5) is 35.8. The molecule has 3 heterocycles. The molecule has 0 spiro atoms. The third kappa shape index (κ3) is 6.26. The van der Waals surface area contributed by atoms with E-state index >= 15 is 0 Å². The minimum Gasteiger partial charge on any atom is -0.490 e. The summed E-state index contributed by atoms with van der Waals surface area (Å²) in [5.74, 6) is 1.34. The SMILES string of the molecule is CCOc1cc(C(=O)N2CCN(CC(=O)N3CCCCC3)CC2)ccc1OCc1cccnc1. The molecule has 1 aromatic carbocycles. The fourth-order valence-electron chi connectivity index (χ4n) is 4.40. The van der Waals surface area contributed by atoms with Gasteiger partial charge in [0.05, 0.1) is 13.2 Å². The summed E-state index contributed by atoms with van der Waals surface area (Å²) < 4.78 is 11.7. The predicted molar refractivity (Wildman–Crippen MR) is 129 cm³/mol. The summed E-state index contributed by atoms with van der Waals surface area (Å²) in [6, 6.07) is 9.16. The van der Waals surface area contributed by atoms with E-state index in [9.17, 15) is 9.59 Å². The Bertz CT molecular complexity index is 955. The van der Waals surface area contributed by atoms with Crippen LogP contribution >= 0.6 is 0 Å². The van der Waals surface area contributed by atoms with Crippen LogP contribution in [0.1, 0.15) is 42.1 Å². The number of pyridine rings is 1. The number of hydrogen-bond donors (Lipinski definition) is 0. The normalized spacial score (nSPS) is 16.9. The van der Waals surface area contributed by atoms with Crippen LogP contribution in [-0.2, 0) is 11.4 Å². The van der Waals surface area contributed by atoms with Gasteiger partial charge in [-0.1, -0.05) is 6.07 Å². The summed E-state index contributed by atoms with van der Waals surface area (Å²) in [5, 5.41) is 0. The smallest absolute Gasteiger partial charge is 0.254 e. The number of carbonyl (C=O) groups is 2. The number of piperazine rings is 1. The maximum atomic E-state index is 13.2. The molecule has 34 heavy (non-hydrogen) atoms. The van der Waals surface area contributed by atoms with Crippen LogP contribution in [0.4, 0.5) is 0 Å². The number of amides is 2. The van der Waals surface area contributed by atoms with Gasteiger partial charge in [0, 0.05) is 62.8 Å². The Morgan fingerprint density at radius 3 is 2.41 bits per heavy atom. The minimum atomic E-state index is -0.0261. The average Bonchev–Trinajstić information content (AvgIpc) is 2.89. The predicted octanol–water partition coefficient (Wildman–Crippen LogP) is 2.83. The lowest BCUT2D eigenvalue weighted by molar-refractivity contribution is -0.133. The second-order valence-corrected chi connectivity index (χ2v) is 8.75. The summed E-state index contributed by atoms with van der Waals surface area (Å²) in [5.41, 5.74) is 1.54. The molecule has 0 N–H and O–H groups in total. The van der Waals surface area contributed by atoms with E-state index < -0.39 is 0 Å². The first-order chi connectivity index (χ1) is 16.6. The van der Waals surface area contributed by atoms with Crippen molar-refractivity contribution in [2.24, 2.45) is 0 Å². The zero-order chi connectivity index (χ0) is 23.8. The van der Waals surface area contributed by atoms with Crippen LogP contribution in [0.5, 0.6) is 11.5 Å². The first-order valence-corrected chi connectivity index (χ1v) is 12.2. The van der Waals surface area contributed by atoms with E-state index in [1.54, 1.807) is 30.6 Å². The number of nitrogens with zero attached hydrogens (tertiary/aromatic N) is 4. The highest BCUT2D eigenvalue weighted by Crippen LogP contribution is 2.30. The van der Waals surface area contributed by atoms with E-state index in [0.717, 1.165) is 31.5 Å². The van der Waals surface area contributed by atoms with Crippen LogP contribution in [-0.4, -0.2) is 83.9 Å². The Labute approximate surface area is 201 Å². The highest BCUT2D eigenvalue weighted by Gasteiger charge is 2.26. The van der Waals surface area contributed by atoms with E-state index in [1.165, 1.54) is 6.42 Å². The molecular formula is C26H34N4O4. The van der Waals surface area contributed by atoms with Gasteiger partial charge >= 0.3 is 0 Å². The van der Waals surface area contributed by atoms with Gasteiger partial charge < -0.3 is 19.3 Å². The van der Waals surface area contributed by atoms with Crippen LogP contribution in [0.15, 0.2) is 42.7 Å². The van der Waals surface area contributed by atoms with Crippen LogP contribution in [0.2, 0.25) is 0 Å². The molecule has 2 amide bonds. The molecule has 2 aliphatic heterocycles. The van der Waals surface area contributed by atoms with E-state index in [1.807, 2.05) is 28.9 Å². The molecule has 8 heteroatoms. The molecule has 0 atom stereocenters. The monoisotopic (exact) mass is 466 g/mol. The van der Waals surface area contributed by atoms with Crippen molar-refractivity contribution in [2.45, 2.75) is 32.8 Å². The number of carbonyl (C=O) groups excluding carboxylic acids is 2. The van der Waals surface area contributed by atoms with Gasteiger partial charge in [-0.05, 0) is 50.5 Å². The van der Waals surface area contributed by atoms with Gasteiger partial charge in [0.25, 0.3) is 5.91 Å². The third-order valence-electron chi connectivity index (χ3n) is 6.33. The van der Waals surface area contributed by atoms with E-state index in [-0.39, 0.29) is 11.8 Å². The molecule has 2 saturated heterocycles. The maximum absolute atomic E-state index is 13.2. The van der Waals surface area contributed by atoms with Crippen molar-refractivity contribution in [3.05, 3.63) is 53.9 Å². The lowest BCUT2D eigenvalue weighted by atomic mass is 10.1. The number of hydrogen-bond acceptors (Lipinski definition) is 6. The molecule has 0 saturated carbocycles. The molecule has 0 unspecified atom stereocenters. The Hall–Kier alpha value is -3.13. The topological polar surface area (TPSA) is 75.2 Å². The van der Waals surface area contributed by atoms with Crippen molar-refractivity contribution in [1.82, 2.24) is 19.7 Å². The molecule has 4 rings (SSSR count). The van der Waals surface area contributed by atoms with E-state index in [2.05, 4.69) is 9.88 Å². The number of likely N-dealkylation sites (tertiary alicyclic amines) is 1. The molecule has 1 aromatic heterocycles. The Kier molecular flexibility index (Phi) is 8.36. The summed E-state index contributed by atoms with van der Waals surface area (Å²) in [6.07, 6.45) is 6.91. The van der Waals surface area contributed by atoms with Crippen LogP contribution in [0.25, 0.3) is 0 Å². The Morgan fingerprint density at radius 2 is 1.71 bits per heavy atom. The molecule has 2 aromatic rings. The Balaban J connectivity index is 1.32. The number of ether oxygens (including phenoxy) is 2. The van der Waals surface area contributed by atoms with Crippen molar-refractivity contribution in [1.29, 1.82) is 0 Å². The standard InChI is InChI=1S/C26H34N4O4/c1-2-33-24-17-22(8-9-23(24)34-20-21-7-6-10-27-18-21)26(32)30-15-13-28(14-16-30)19-25(31)29-11-4-3-5-12-29/h6-10,17-18H,2-5,11-16,19-20H2,1H3. The van der Waals surface area contributed by atoms with Crippen molar-refractivity contribution >= 4 is 11.8 Å². The minimum absolute atomic E-state index is 0.0261. The molecule has 2 fully saturated rings. The van der Waals surface area contributed by atoms with Crippen LogP contribution in [0, 0.1) is 0 Å². The molecule has 0 aliphatic carbocycles. The number of piperidine rings is 1. The van der Waals surface area contributed by atoms with Gasteiger partial charge in [-0.3, -0.25) is 19.5 Å². The van der Waals surface area contributed by atoms with Gasteiger partial charge in [-0.15, -0.1) is 0 Å². The number of benzene rings is 1. The fraction of sp³-hybridized carbons (Fsp3) is 0.500. The van der Waals surface area contributed by atoms with E-state index in [0.29, 0.717) is 63.0 Å². The lowest BCUT2D eigenvalue weighted by Crippen LogP contribution is -2.52. The average molecular weight is 467 g/mol. The van der Waals surface area contributed by atoms with Crippen molar-refractivity contribution in [3.63, 3.8) is 0 Å². The van der Waals surface area contributed by atoms with Crippen molar-refractivity contribution in [2.75, 3.05) is 52.4 Å². The van der Waals surface area contributed by atoms with Gasteiger partial charge in [0.2, 0.25) is 5.91 Å². The second kappa shape index (κ2) is 11.8. The second-order valence-electron chi connectivity index (χ2n) is 8.75. The summed E-state index contributed by atoms with van der Waals surface area (Å²) in [7, 11) is 0. The summed E-state index contributed by atoms with van der Waals surface area (Å²) >= 11 is 0. The molecule has 0 bridgehead atoms. The molecule has 0 radical (unpaired) electrons. The van der Waals surface area contributed by atoms with Gasteiger partial charge in [0.15, 0.2) is 11.5 Å². The molecular weight excluding hydrogens is 432 g/mol. The van der Waals surface area contributed by atoms with Crippen molar-refractivity contribution < 1.29 is 19.1 Å². The van der Waals surface area contributed by atoms with Crippen molar-refractivity contribution in [3.8, 4) is 11.5 Å². The number of rotatable bonds is 8. The zero-order valence-electron chi connectivity index (χ0n) is 19.9. The van der Waals surface area contributed by atoms with Crippen LogP contribution in [0.3, 0.4) is 0 Å². The lowest BCUT2D eigenvalue weighted by Gasteiger charge is -2.36. The van der Waals surface area contributed by atoms with Gasteiger partial charge in [0.1, 0.15) is 6.61 Å². The largest absolute Gasteiger partial charge is 0.490 e. The molecule has 2 aliphatic rings. The van der Waals surface area contributed by atoms with Gasteiger partial charge in [-0.2, -0.15) is 0 Å². The first kappa shape index (κ1) is 24.0. The highest BCUT2D eigenvalue weighted by molar-refractivity contribution is 5.95. The number of aromatic nitrogens is 1. The maximum Gasteiger partial charge on any atom is 0.254 e. The zero-order valence-corrected chi connectivity index (χ0v) is 19.9. The quantitative estimate of drug-likeness (QED) is 0.596. The third-order valence-corrected chi connectivity index (χ3v) is 6.33. The Morgan fingerprint density at radius 1 is 0.912 bits per heavy atom. The summed E-state index contributed by atoms with van der Waals surface area (Å²) in [6.45, 7) is 7.58. The van der Waals surface area contributed by atoms with Gasteiger partial charge in [-0.25, -0.2) is 0 Å². The molecule has 8 nitrogen and oxygen atoms in total. The molecule has 182 valence electrons.